The minimum Gasteiger partial charge on any atom is -0.384 e. The molecule has 0 aromatic heterocycles. The van der Waals surface area contributed by atoms with Gasteiger partial charge in [-0.3, -0.25) is 4.79 Å². The summed E-state index contributed by atoms with van der Waals surface area (Å²) in [5.41, 5.74) is 4.67. The highest BCUT2D eigenvalue weighted by Crippen LogP contribution is 2.27. The topological polar surface area (TPSA) is 32.3 Å². The third kappa shape index (κ3) is 2.92. The molecule has 21 heavy (non-hydrogen) atoms. The molecule has 1 aliphatic rings. The van der Waals surface area contributed by atoms with Crippen molar-refractivity contribution in [1.29, 1.82) is 0 Å². The summed E-state index contributed by atoms with van der Waals surface area (Å²) < 4.78 is 0. The molecule has 3 nitrogen and oxygen atoms in total. The van der Waals surface area contributed by atoms with Crippen LogP contribution in [0.5, 0.6) is 0 Å². The molecule has 0 radical (unpaired) electrons. The zero-order valence-corrected chi connectivity index (χ0v) is 12.3. The van der Waals surface area contributed by atoms with Crippen molar-refractivity contribution in [1.82, 2.24) is 0 Å². The van der Waals surface area contributed by atoms with Crippen LogP contribution in [0.1, 0.15) is 17.5 Å². The molecule has 0 fully saturated rings. The van der Waals surface area contributed by atoms with Crippen molar-refractivity contribution in [2.75, 3.05) is 23.3 Å². The predicted octanol–water partition coefficient (Wildman–Crippen LogP) is 3.39. The second kappa shape index (κ2) is 6.00. The van der Waals surface area contributed by atoms with Gasteiger partial charge in [0, 0.05) is 30.9 Å². The molecule has 2 aromatic carbocycles. The Balaban J connectivity index is 1.57. The fourth-order valence-corrected chi connectivity index (χ4v) is 2.81. The predicted molar refractivity (Wildman–Crippen MR) is 86.8 cm³/mol. The second-order valence-corrected chi connectivity index (χ2v) is 5.42. The lowest BCUT2D eigenvalue weighted by Crippen LogP contribution is -2.30. The Labute approximate surface area is 125 Å². The van der Waals surface area contributed by atoms with Crippen molar-refractivity contribution < 1.29 is 4.79 Å². The number of fused-ring (bicyclic) bond motifs is 1. The van der Waals surface area contributed by atoms with Crippen LogP contribution >= 0.6 is 0 Å². The average molecular weight is 280 g/mol. The van der Waals surface area contributed by atoms with E-state index in [9.17, 15) is 4.79 Å². The van der Waals surface area contributed by atoms with Gasteiger partial charge in [0.15, 0.2) is 0 Å². The number of para-hydroxylation sites is 2. The number of aryl methyl sites for hydroxylation is 1. The van der Waals surface area contributed by atoms with E-state index >= 15 is 0 Å². The van der Waals surface area contributed by atoms with E-state index in [2.05, 4.69) is 24.4 Å². The molecule has 0 aliphatic carbocycles. The van der Waals surface area contributed by atoms with Crippen LogP contribution in [0.25, 0.3) is 0 Å². The van der Waals surface area contributed by atoms with E-state index in [1.165, 1.54) is 11.1 Å². The van der Waals surface area contributed by atoms with Gasteiger partial charge in [-0.25, -0.2) is 0 Å². The van der Waals surface area contributed by atoms with E-state index in [-0.39, 0.29) is 5.91 Å². The highest BCUT2D eigenvalue weighted by atomic mass is 16.2. The number of nitrogens with zero attached hydrogens (tertiary/aromatic N) is 1. The molecule has 2 aromatic rings. The number of hydrogen-bond donors (Lipinski definition) is 1. The summed E-state index contributed by atoms with van der Waals surface area (Å²) in [5, 5.41) is 3.34. The van der Waals surface area contributed by atoms with Crippen LogP contribution in [-0.4, -0.2) is 19.0 Å². The summed E-state index contributed by atoms with van der Waals surface area (Å²) in [5.74, 6) is 0.195. The fourth-order valence-electron chi connectivity index (χ4n) is 2.81. The lowest BCUT2D eigenvalue weighted by atomic mass is 10.2. The number of hydrogen-bond acceptors (Lipinski definition) is 2. The van der Waals surface area contributed by atoms with Crippen molar-refractivity contribution in [3.63, 3.8) is 0 Å². The summed E-state index contributed by atoms with van der Waals surface area (Å²) in [6.45, 7) is 3.55. The summed E-state index contributed by atoms with van der Waals surface area (Å²) in [6.07, 6.45) is 1.48. The van der Waals surface area contributed by atoms with Gasteiger partial charge >= 0.3 is 0 Å². The molecule has 3 rings (SSSR count). The molecule has 0 spiro atoms. The third-order valence-corrected chi connectivity index (χ3v) is 3.99. The zero-order valence-electron chi connectivity index (χ0n) is 12.3. The molecule has 0 bridgehead atoms. The lowest BCUT2D eigenvalue weighted by molar-refractivity contribution is -0.118. The molecular formula is C18H20N2O. The number of nitrogens with one attached hydrogen (secondary N) is 1. The quantitative estimate of drug-likeness (QED) is 0.931. The maximum Gasteiger partial charge on any atom is 0.228 e. The number of anilines is 2. The largest absolute Gasteiger partial charge is 0.384 e. The molecule has 1 aliphatic heterocycles. The van der Waals surface area contributed by atoms with Crippen molar-refractivity contribution in [2.45, 2.75) is 19.8 Å². The SMILES string of the molecule is Cc1ccccc1NCCC(=O)N1CCc2ccccc21. The first-order valence-corrected chi connectivity index (χ1v) is 7.43. The van der Waals surface area contributed by atoms with Gasteiger partial charge in [0.1, 0.15) is 0 Å². The molecule has 108 valence electrons. The van der Waals surface area contributed by atoms with Gasteiger partial charge in [0.2, 0.25) is 5.91 Å². The van der Waals surface area contributed by atoms with Crippen molar-refractivity contribution in [3.8, 4) is 0 Å². The van der Waals surface area contributed by atoms with Crippen molar-refractivity contribution in [3.05, 3.63) is 59.7 Å². The van der Waals surface area contributed by atoms with Crippen molar-refractivity contribution in [2.24, 2.45) is 0 Å². The van der Waals surface area contributed by atoms with Crippen LogP contribution in [0, 0.1) is 6.92 Å². The minimum absolute atomic E-state index is 0.195. The lowest BCUT2D eigenvalue weighted by Gasteiger charge is -2.18. The molecule has 1 heterocycles. The van der Waals surface area contributed by atoms with E-state index in [4.69, 9.17) is 0 Å². The first-order valence-electron chi connectivity index (χ1n) is 7.43. The Bertz CT molecular complexity index is 651. The third-order valence-electron chi connectivity index (χ3n) is 3.99. The van der Waals surface area contributed by atoms with Gasteiger partial charge in [-0.1, -0.05) is 36.4 Å². The van der Waals surface area contributed by atoms with Gasteiger partial charge in [0.25, 0.3) is 0 Å². The standard InChI is InChI=1S/C18H20N2O/c1-14-6-2-4-8-16(14)19-12-10-18(21)20-13-11-15-7-3-5-9-17(15)20/h2-9,19H,10-13H2,1H3. The molecule has 0 saturated carbocycles. The van der Waals surface area contributed by atoms with Gasteiger partial charge < -0.3 is 10.2 Å². The maximum absolute atomic E-state index is 12.4. The van der Waals surface area contributed by atoms with Crippen LogP contribution in [0.2, 0.25) is 0 Å². The number of benzene rings is 2. The normalized spacial score (nSPS) is 13.1. The molecule has 0 unspecified atom stereocenters. The van der Waals surface area contributed by atoms with E-state index in [0.717, 1.165) is 24.3 Å². The first-order chi connectivity index (χ1) is 10.3. The number of carbonyl (C=O) groups excluding carboxylic acids is 1. The Kier molecular flexibility index (Phi) is 3.91. The molecule has 1 N–H and O–H groups in total. The fraction of sp³-hybridized carbons (Fsp3) is 0.278. The van der Waals surface area contributed by atoms with Crippen LogP contribution in [0.15, 0.2) is 48.5 Å². The van der Waals surface area contributed by atoms with Gasteiger partial charge in [-0.2, -0.15) is 0 Å². The van der Waals surface area contributed by atoms with Gasteiger partial charge in [0.05, 0.1) is 0 Å². The molecule has 0 saturated heterocycles. The zero-order chi connectivity index (χ0) is 14.7. The Morgan fingerprint density at radius 1 is 1.14 bits per heavy atom. The average Bonchev–Trinajstić information content (AvgIpc) is 2.93. The highest BCUT2D eigenvalue weighted by Gasteiger charge is 2.23. The van der Waals surface area contributed by atoms with E-state index in [1.807, 2.05) is 41.3 Å². The maximum atomic E-state index is 12.4. The summed E-state index contributed by atoms with van der Waals surface area (Å²) >= 11 is 0. The van der Waals surface area contributed by atoms with E-state index < -0.39 is 0 Å². The van der Waals surface area contributed by atoms with Gasteiger partial charge in [-0.15, -0.1) is 0 Å². The van der Waals surface area contributed by atoms with E-state index in [0.29, 0.717) is 13.0 Å². The molecule has 0 atom stereocenters. The van der Waals surface area contributed by atoms with Crippen LogP contribution in [-0.2, 0) is 11.2 Å². The summed E-state index contributed by atoms with van der Waals surface area (Å²) in [4.78, 5) is 14.3. The number of carbonyl (C=O) groups is 1. The van der Waals surface area contributed by atoms with Crippen molar-refractivity contribution >= 4 is 17.3 Å². The van der Waals surface area contributed by atoms with E-state index in [1.54, 1.807) is 0 Å². The smallest absolute Gasteiger partial charge is 0.228 e. The molecule has 3 heteroatoms. The molecule has 1 amide bonds. The van der Waals surface area contributed by atoms with Crippen LogP contribution in [0.4, 0.5) is 11.4 Å². The van der Waals surface area contributed by atoms with Crippen LogP contribution in [0.3, 0.4) is 0 Å². The summed E-state index contributed by atoms with van der Waals surface area (Å²) in [7, 11) is 0. The Morgan fingerprint density at radius 3 is 2.76 bits per heavy atom. The Hall–Kier alpha value is -2.29. The Morgan fingerprint density at radius 2 is 1.90 bits per heavy atom. The number of amides is 1. The first kappa shape index (κ1) is 13.7. The summed E-state index contributed by atoms with van der Waals surface area (Å²) in [6, 6.07) is 16.3. The second-order valence-electron chi connectivity index (χ2n) is 5.42. The minimum atomic E-state index is 0.195. The highest BCUT2D eigenvalue weighted by molar-refractivity contribution is 5.95. The van der Waals surface area contributed by atoms with Crippen LogP contribution < -0.4 is 10.2 Å². The number of rotatable bonds is 4. The monoisotopic (exact) mass is 280 g/mol. The van der Waals surface area contributed by atoms with Gasteiger partial charge in [-0.05, 0) is 36.6 Å². The molecular weight excluding hydrogens is 260 g/mol.